The summed E-state index contributed by atoms with van der Waals surface area (Å²) in [6.07, 6.45) is 1.68. The van der Waals surface area contributed by atoms with Gasteiger partial charge in [-0.3, -0.25) is 4.79 Å². The van der Waals surface area contributed by atoms with Gasteiger partial charge in [-0.15, -0.1) is 10.2 Å². The molecular weight excluding hydrogens is 226 g/mol. The van der Waals surface area contributed by atoms with Crippen LogP contribution in [0.2, 0.25) is 0 Å². The Morgan fingerprint density at radius 1 is 1.31 bits per heavy atom. The first-order chi connectivity index (χ1) is 7.83. The minimum Gasteiger partial charge on any atom is -0.343 e. The van der Waals surface area contributed by atoms with Gasteiger partial charge >= 0.3 is 0 Å². The Balaban J connectivity index is 1.94. The van der Waals surface area contributed by atoms with Crippen molar-refractivity contribution < 1.29 is 4.79 Å². The van der Waals surface area contributed by atoms with E-state index in [2.05, 4.69) is 15.1 Å². The minimum atomic E-state index is 0.605. The summed E-state index contributed by atoms with van der Waals surface area (Å²) in [7, 11) is 0. The molecule has 0 spiro atoms. The molecular formula is C9H15N5OS. The molecule has 1 fully saturated rings. The van der Waals surface area contributed by atoms with Gasteiger partial charge in [0.25, 0.3) is 0 Å². The number of nitrogens with two attached hydrogens (primary N) is 1. The highest BCUT2D eigenvalue weighted by molar-refractivity contribution is 7.15. The maximum atomic E-state index is 10.6. The Kier molecular flexibility index (Phi) is 3.68. The smallest absolute Gasteiger partial charge is 0.209 e. The van der Waals surface area contributed by atoms with Crippen LogP contribution in [0, 0.1) is 0 Å². The van der Waals surface area contributed by atoms with Crippen molar-refractivity contribution in [3.05, 3.63) is 5.01 Å². The first kappa shape index (κ1) is 11.3. The maximum absolute atomic E-state index is 10.6. The number of carbonyl (C=O) groups excluding carboxylic acids is 1. The second-order valence-electron chi connectivity index (χ2n) is 3.65. The van der Waals surface area contributed by atoms with Gasteiger partial charge in [-0.1, -0.05) is 11.3 Å². The molecule has 7 heteroatoms. The van der Waals surface area contributed by atoms with Crippen molar-refractivity contribution in [1.29, 1.82) is 0 Å². The predicted molar refractivity (Wildman–Crippen MR) is 62.5 cm³/mol. The summed E-state index contributed by atoms with van der Waals surface area (Å²) >= 11 is 1.59. The van der Waals surface area contributed by atoms with E-state index in [1.807, 2.05) is 0 Å². The lowest BCUT2D eigenvalue weighted by Gasteiger charge is -2.31. The number of hydrogen-bond acceptors (Lipinski definition) is 6. The zero-order valence-corrected chi connectivity index (χ0v) is 9.82. The quantitative estimate of drug-likeness (QED) is 0.707. The number of aromatic nitrogens is 2. The summed E-state index contributed by atoms with van der Waals surface area (Å²) in [5, 5.41) is 10.1. The molecule has 16 heavy (non-hydrogen) atoms. The molecule has 88 valence electrons. The number of anilines is 1. The van der Waals surface area contributed by atoms with Crippen LogP contribution in [0.15, 0.2) is 0 Å². The second kappa shape index (κ2) is 5.22. The first-order valence-corrected chi connectivity index (χ1v) is 6.12. The van der Waals surface area contributed by atoms with Gasteiger partial charge in [0.1, 0.15) is 5.01 Å². The summed E-state index contributed by atoms with van der Waals surface area (Å²) in [4.78, 5) is 14.5. The van der Waals surface area contributed by atoms with Crippen molar-refractivity contribution >= 4 is 22.9 Å². The molecule has 1 aromatic heterocycles. The van der Waals surface area contributed by atoms with Gasteiger partial charge in [0, 0.05) is 32.6 Å². The van der Waals surface area contributed by atoms with E-state index in [1.165, 1.54) is 0 Å². The Morgan fingerprint density at radius 3 is 2.69 bits per heavy atom. The average Bonchev–Trinajstić information content (AvgIpc) is 2.78. The lowest BCUT2D eigenvalue weighted by atomic mass is 10.3. The van der Waals surface area contributed by atoms with Crippen LogP contribution in [0.1, 0.15) is 5.01 Å². The fourth-order valence-corrected chi connectivity index (χ4v) is 2.52. The van der Waals surface area contributed by atoms with Crippen molar-refractivity contribution in [3.8, 4) is 0 Å². The van der Waals surface area contributed by atoms with Crippen LogP contribution in [0.4, 0.5) is 5.13 Å². The fourth-order valence-electron chi connectivity index (χ4n) is 1.62. The van der Waals surface area contributed by atoms with Crippen LogP contribution in [-0.2, 0) is 11.2 Å². The van der Waals surface area contributed by atoms with Crippen LogP contribution in [0.5, 0.6) is 0 Å². The zero-order chi connectivity index (χ0) is 11.4. The molecule has 2 heterocycles. The van der Waals surface area contributed by atoms with Gasteiger partial charge in [0.2, 0.25) is 11.5 Å². The van der Waals surface area contributed by atoms with Crippen LogP contribution < -0.4 is 10.6 Å². The molecule has 1 aliphatic heterocycles. The Bertz CT molecular complexity index is 347. The van der Waals surface area contributed by atoms with E-state index in [0.29, 0.717) is 6.54 Å². The third kappa shape index (κ3) is 2.48. The van der Waals surface area contributed by atoms with Crippen molar-refractivity contribution in [2.24, 2.45) is 5.73 Å². The van der Waals surface area contributed by atoms with E-state index in [4.69, 9.17) is 5.73 Å². The molecule has 0 saturated carbocycles. The molecule has 0 aromatic carbocycles. The number of rotatable bonds is 4. The molecule has 2 N–H and O–H groups in total. The molecule has 0 unspecified atom stereocenters. The summed E-state index contributed by atoms with van der Waals surface area (Å²) < 4.78 is 0. The lowest BCUT2D eigenvalue weighted by Crippen LogP contribution is -2.45. The molecule has 0 atom stereocenters. The molecule has 1 amide bonds. The summed E-state index contributed by atoms with van der Waals surface area (Å²) in [5.74, 6) is 0. The largest absolute Gasteiger partial charge is 0.343 e. The molecule has 0 radical (unpaired) electrons. The van der Waals surface area contributed by atoms with Crippen molar-refractivity contribution in [2.45, 2.75) is 6.42 Å². The predicted octanol–water partition coefficient (Wildman–Crippen LogP) is -0.682. The third-order valence-corrected chi connectivity index (χ3v) is 3.59. The lowest BCUT2D eigenvalue weighted by molar-refractivity contribution is -0.118. The summed E-state index contributed by atoms with van der Waals surface area (Å²) in [6, 6.07) is 0. The molecule has 1 aromatic rings. The van der Waals surface area contributed by atoms with E-state index in [0.717, 1.165) is 49.1 Å². The molecule has 2 rings (SSSR count). The molecule has 1 aliphatic rings. The highest BCUT2D eigenvalue weighted by Gasteiger charge is 2.18. The van der Waals surface area contributed by atoms with Crippen LogP contribution >= 0.6 is 11.3 Å². The first-order valence-electron chi connectivity index (χ1n) is 5.30. The maximum Gasteiger partial charge on any atom is 0.209 e. The van der Waals surface area contributed by atoms with E-state index < -0.39 is 0 Å². The standard InChI is InChI=1S/C9H15N5OS/c10-2-1-8-11-12-9(16-8)14-5-3-13(7-15)4-6-14/h7H,1-6,10H2. The topological polar surface area (TPSA) is 75.3 Å². The Hall–Kier alpha value is -1.21. The number of piperazine rings is 1. The minimum absolute atomic E-state index is 0.605. The van der Waals surface area contributed by atoms with Gasteiger partial charge in [-0.2, -0.15) is 0 Å². The van der Waals surface area contributed by atoms with Crippen molar-refractivity contribution in [2.75, 3.05) is 37.6 Å². The summed E-state index contributed by atoms with van der Waals surface area (Å²) in [5.41, 5.74) is 5.46. The van der Waals surface area contributed by atoms with Gasteiger partial charge < -0.3 is 15.5 Å². The normalized spacial score (nSPS) is 16.6. The van der Waals surface area contributed by atoms with Crippen molar-refractivity contribution in [1.82, 2.24) is 15.1 Å². The third-order valence-electron chi connectivity index (χ3n) is 2.55. The van der Waals surface area contributed by atoms with E-state index in [9.17, 15) is 4.79 Å². The van der Waals surface area contributed by atoms with E-state index in [-0.39, 0.29) is 0 Å². The van der Waals surface area contributed by atoms with Crippen LogP contribution in [-0.4, -0.2) is 54.2 Å². The Labute approximate surface area is 98.0 Å². The molecule has 1 saturated heterocycles. The number of amides is 1. The van der Waals surface area contributed by atoms with E-state index in [1.54, 1.807) is 16.2 Å². The number of carbonyl (C=O) groups is 1. The second-order valence-corrected chi connectivity index (χ2v) is 4.69. The molecule has 6 nitrogen and oxygen atoms in total. The molecule has 0 aliphatic carbocycles. The monoisotopic (exact) mass is 241 g/mol. The van der Waals surface area contributed by atoms with E-state index >= 15 is 0 Å². The van der Waals surface area contributed by atoms with Crippen molar-refractivity contribution in [3.63, 3.8) is 0 Å². The SMILES string of the molecule is NCCc1nnc(N2CCN(C=O)CC2)s1. The van der Waals surface area contributed by atoms with Crippen LogP contribution in [0.25, 0.3) is 0 Å². The van der Waals surface area contributed by atoms with Crippen LogP contribution in [0.3, 0.4) is 0 Å². The van der Waals surface area contributed by atoms with Gasteiger partial charge in [0.05, 0.1) is 0 Å². The summed E-state index contributed by atoms with van der Waals surface area (Å²) in [6.45, 7) is 3.78. The van der Waals surface area contributed by atoms with Gasteiger partial charge in [0.15, 0.2) is 0 Å². The zero-order valence-electron chi connectivity index (χ0n) is 9.00. The highest BCUT2D eigenvalue weighted by atomic mass is 32.1. The Morgan fingerprint density at radius 2 is 2.06 bits per heavy atom. The molecule has 0 bridgehead atoms. The fraction of sp³-hybridized carbons (Fsp3) is 0.667. The highest BCUT2D eigenvalue weighted by Crippen LogP contribution is 2.21. The average molecular weight is 241 g/mol. The number of nitrogens with zero attached hydrogens (tertiary/aromatic N) is 4. The number of hydrogen-bond donors (Lipinski definition) is 1. The van der Waals surface area contributed by atoms with Gasteiger partial charge in [-0.25, -0.2) is 0 Å². The van der Waals surface area contributed by atoms with Gasteiger partial charge in [-0.05, 0) is 6.54 Å².